The molecule has 2 aromatic rings. The molecule has 0 radical (unpaired) electrons. The van der Waals surface area contributed by atoms with Crippen molar-refractivity contribution in [3.05, 3.63) is 41.6 Å². The molecule has 0 saturated heterocycles. The number of carbonyl (C=O) groups is 3. The molecule has 1 unspecified atom stereocenters. The highest BCUT2D eigenvalue weighted by molar-refractivity contribution is 9.09. The number of nitrogens with zero attached hydrogens (tertiary/aromatic N) is 1. The molecule has 1 aliphatic heterocycles. The van der Waals surface area contributed by atoms with Gasteiger partial charge in [0.2, 0.25) is 0 Å². The molecule has 0 aliphatic carbocycles. The smallest absolute Gasteiger partial charge is 0.419 e. The second-order valence-corrected chi connectivity index (χ2v) is 8.69. The quantitative estimate of drug-likeness (QED) is 0.415. The van der Waals surface area contributed by atoms with E-state index < -0.39 is 23.6 Å². The van der Waals surface area contributed by atoms with Gasteiger partial charge in [0.25, 0.3) is 5.91 Å². The Morgan fingerprint density at radius 3 is 2.66 bits per heavy atom. The van der Waals surface area contributed by atoms with Crippen molar-refractivity contribution < 1.29 is 23.9 Å². The van der Waals surface area contributed by atoms with E-state index in [-0.39, 0.29) is 23.7 Å². The molecule has 0 spiro atoms. The van der Waals surface area contributed by atoms with E-state index in [9.17, 15) is 14.4 Å². The molecular weight excluding hydrogens is 440 g/mol. The van der Waals surface area contributed by atoms with Crippen LogP contribution >= 0.6 is 15.9 Å². The third-order valence-corrected chi connectivity index (χ3v) is 5.11. The molecule has 7 nitrogen and oxygen atoms in total. The summed E-state index contributed by atoms with van der Waals surface area (Å²) in [6, 6.07) is 7.15. The summed E-state index contributed by atoms with van der Waals surface area (Å²) in [7, 11) is 0. The number of amides is 1. The highest BCUT2D eigenvalue weighted by Crippen LogP contribution is 2.37. The van der Waals surface area contributed by atoms with E-state index in [0.717, 1.165) is 0 Å². The molecule has 1 amide bonds. The molecule has 1 aromatic heterocycles. The number of benzene rings is 1. The Balaban J connectivity index is 2.33. The first-order chi connectivity index (χ1) is 13.6. The first-order valence-corrected chi connectivity index (χ1v) is 10.2. The molecule has 1 aliphatic rings. The standard InChI is InChI=1S/C21H23BrN2O5/c1-5-28-16(25)10-13-14(22)11-23-19(26)18-17(13)12-8-6-7-9-15(12)24(18)20(27)29-21(2,3)4/h6-10,14H,5,11H2,1-4H3,(H,23,26)/b13-10+. The number of ether oxygens (including phenoxy) is 2. The Morgan fingerprint density at radius 2 is 2.00 bits per heavy atom. The zero-order chi connectivity index (χ0) is 21.3. The maximum Gasteiger partial charge on any atom is 0.419 e. The van der Waals surface area contributed by atoms with Crippen LogP contribution in [-0.2, 0) is 14.3 Å². The summed E-state index contributed by atoms with van der Waals surface area (Å²) < 4.78 is 11.9. The average molecular weight is 463 g/mol. The molecule has 1 atom stereocenters. The van der Waals surface area contributed by atoms with Crippen LogP contribution in [0.5, 0.6) is 0 Å². The normalized spacial score (nSPS) is 18.2. The predicted octanol–water partition coefficient (Wildman–Crippen LogP) is 3.88. The Hall–Kier alpha value is -2.61. The predicted molar refractivity (Wildman–Crippen MR) is 113 cm³/mol. The minimum atomic E-state index is -0.738. The lowest BCUT2D eigenvalue weighted by Gasteiger charge is -2.20. The van der Waals surface area contributed by atoms with Crippen molar-refractivity contribution >= 4 is 50.4 Å². The van der Waals surface area contributed by atoms with Gasteiger partial charge in [0.05, 0.1) is 17.0 Å². The second kappa shape index (κ2) is 8.02. The van der Waals surface area contributed by atoms with E-state index >= 15 is 0 Å². The summed E-state index contributed by atoms with van der Waals surface area (Å²) in [4.78, 5) is 37.8. The Morgan fingerprint density at radius 1 is 1.31 bits per heavy atom. The van der Waals surface area contributed by atoms with Gasteiger partial charge in [-0.05, 0) is 39.3 Å². The van der Waals surface area contributed by atoms with Gasteiger partial charge in [0.1, 0.15) is 11.3 Å². The first kappa shape index (κ1) is 21.1. The number of esters is 1. The number of carbonyl (C=O) groups excluding carboxylic acids is 3. The van der Waals surface area contributed by atoms with Crippen LogP contribution in [0.4, 0.5) is 4.79 Å². The summed E-state index contributed by atoms with van der Waals surface area (Å²) in [6.45, 7) is 7.49. The highest BCUT2D eigenvalue weighted by atomic mass is 79.9. The van der Waals surface area contributed by atoms with Gasteiger partial charge in [-0.2, -0.15) is 0 Å². The summed E-state index contributed by atoms with van der Waals surface area (Å²) in [5, 5.41) is 3.47. The van der Waals surface area contributed by atoms with E-state index in [1.54, 1.807) is 39.8 Å². The molecular formula is C21H23BrN2O5. The van der Waals surface area contributed by atoms with Gasteiger partial charge in [-0.15, -0.1) is 0 Å². The average Bonchev–Trinajstić information content (AvgIpc) is 2.92. The number of halogens is 1. The van der Waals surface area contributed by atoms with Gasteiger partial charge < -0.3 is 14.8 Å². The number of hydrogen-bond donors (Lipinski definition) is 1. The van der Waals surface area contributed by atoms with Gasteiger partial charge in [-0.1, -0.05) is 34.1 Å². The number of aromatic nitrogens is 1. The number of hydrogen-bond acceptors (Lipinski definition) is 5. The van der Waals surface area contributed by atoms with Crippen LogP contribution in [-0.4, -0.2) is 46.1 Å². The van der Waals surface area contributed by atoms with Crippen molar-refractivity contribution in [1.29, 1.82) is 0 Å². The number of para-hydroxylation sites is 1. The maximum atomic E-state index is 13.0. The molecule has 29 heavy (non-hydrogen) atoms. The lowest BCUT2D eigenvalue weighted by atomic mass is 9.99. The van der Waals surface area contributed by atoms with Crippen molar-refractivity contribution in [2.45, 2.75) is 38.1 Å². The van der Waals surface area contributed by atoms with Crippen LogP contribution in [0, 0.1) is 0 Å². The van der Waals surface area contributed by atoms with Gasteiger partial charge >= 0.3 is 12.1 Å². The van der Waals surface area contributed by atoms with E-state index in [1.165, 1.54) is 10.6 Å². The third kappa shape index (κ3) is 4.22. The Kier molecular flexibility index (Phi) is 5.84. The SMILES string of the molecule is CCOC(=O)/C=C1/c2c(n(C(=O)OC(C)(C)C)c3ccccc23)C(=O)NCC1Br. The van der Waals surface area contributed by atoms with Gasteiger partial charge in [-0.3, -0.25) is 4.79 Å². The maximum absolute atomic E-state index is 13.0. The van der Waals surface area contributed by atoms with Gasteiger partial charge in [-0.25, -0.2) is 14.2 Å². The minimum Gasteiger partial charge on any atom is -0.463 e. The Labute approximate surface area is 177 Å². The van der Waals surface area contributed by atoms with Crippen LogP contribution in [0.3, 0.4) is 0 Å². The van der Waals surface area contributed by atoms with Crippen molar-refractivity contribution in [1.82, 2.24) is 9.88 Å². The monoisotopic (exact) mass is 462 g/mol. The molecule has 2 heterocycles. The van der Waals surface area contributed by atoms with Crippen LogP contribution in [0.25, 0.3) is 16.5 Å². The largest absolute Gasteiger partial charge is 0.463 e. The fraction of sp³-hybridized carbons (Fsp3) is 0.381. The van der Waals surface area contributed by atoms with Crippen LogP contribution < -0.4 is 5.32 Å². The summed E-state index contributed by atoms with van der Waals surface area (Å²) in [5.41, 5.74) is 1.00. The molecule has 8 heteroatoms. The fourth-order valence-corrected chi connectivity index (χ4v) is 3.77. The lowest BCUT2D eigenvalue weighted by molar-refractivity contribution is -0.137. The van der Waals surface area contributed by atoms with Crippen molar-refractivity contribution in [3.8, 4) is 0 Å². The van der Waals surface area contributed by atoms with Crippen molar-refractivity contribution in [2.24, 2.45) is 0 Å². The van der Waals surface area contributed by atoms with Crippen LogP contribution in [0.15, 0.2) is 30.3 Å². The minimum absolute atomic E-state index is 0.137. The fourth-order valence-electron chi connectivity index (χ4n) is 3.25. The van der Waals surface area contributed by atoms with E-state index in [0.29, 0.717) is 22.0 Å². The Bertz CT molecular complexity index is 1020. The van der Waals surface area contributed by atoms with Gasteiger partial charge in [0.15, 0.2) is 0 Å². The van der Waals surface area contributed by atoms with Crippen molar-refractivity contribution in [2.75, 3.05) is 13.2 Å². The molecule has 0 fully saturated rings. The molecule has 0 saturated carbocycles. The van der Waals surface area contributed by atoms with Crippen LogP contribution in [0.1, 0.15) is 43.7 Å². The van der Waals surface area contributed by atoms with Gasteiger partial charge in [0, 0.05) is 23.6 Å². The van der Waals surface area contributed by atoms with E-state index in [4.69, 9.17) is 9.47 Å². The highest BCUT2D eigenvalue weighted by Gasteiger charge is 2.34. The van der Waals surface area contributed by atoms with Crippen molar-refractivity contribution in [3.63, 3.8) is 0 Å². The summed E-state index contributed by atoms with van der Waals surface area (Å²) in [5.74, 6) is -0.930. The lowest BCUT2D eigenvalue weighted by Crippen LogP contribution is -2.32. The first-order valence-electron chi connectivity index (χ1n) is 9.31. The molecule has 1 aromatic carbocycles. The number of fused-ring (bicyclic) bond motifs is 3. The summed E-state index contributed by atoms with van der Waals surface area (Å²) >= 11 is 3.55. The second-order valence-electron chi connectivity index (χ2n) is 7.59. The molecule has 0 bridgehead atoms. The zero-order valence-corrected chi connectivity index (χ0v) is 18.3. The van der Waals surface area contributed by atoms with E-state index in [1.807, 2.05) is 12.1 Å². The molecule has 1 N–H and O–H groups in total. The number of nitrogens with one attached hydrogen (secondary N) is 1. The summed E-state index contributed by atoms with van der Waals surface area (Å²) in [6.07, 6.45) is 0.710. The molecule has 3 rings (SSSR count). The van der Waals surface area contributed by atoms with E-state index in [2.05, 4.69) is 21.2 Å². The van der Waals surface area contributed by atoms with Crippen LogP contribution in [0.2, 0.25) is 0 Å². The molecule has 154 valence electrons. The topological polar surface area (TPSA) is 86.6 Å². The zero-order valence-electron chi connectivity index (χ0n) is 16.7. The number of rotatable bonds is 2. The third-order valence-electron chi connectivity index (χ3n) is 4.29. The number of alkyl halides is 1.